The highest BCUT2D eigenvalue weighted by molar-refractivity contribution is 5.85. The van der Waals surface area contributed by atoms with Gasteiger partial charge in [-0.15, -0.1) is 0 Å². The first-order chi connectivity index (χ1) is 9.61. The quantitative estimate of drug-likeness (QED) is 0.909. The zero-order chi connectivity index (χ0) is 14.5. The van der Waals surface area contributed by atoms with Gasteiger partial charge >= 0.3 is 5.97 Å². The summed E-state index contributed by atoms with van der Waals surface area (Å²) in [6.45, 7) is 2.61. The van der Waals surface area contributed by atoms with Crippen molar-refractivity contribution in [2.75, 3.05) is 6.54 Å². The first-order valence-electron chi connectivity index (χ1n) is 7.03. The molecule has 2 heterocycles. The molecular weight excluding hydrogens is 256 g/mol. The lowest BCUT2D eigenvalue weighted by atomic mass is 9.88. The lowest BCUT2D eigenvalue weighted by Gasteiger charge is -2.37. The number of aromatic nitrogens is 1. The van der Waals surface area contributed by atoms with Gasteiger partial charge in [0.25, 0.3) is 0 Å². The van der Waals surface area contributed by atoms with E-state index >= 15 is 0 Å². The third kappa shape index (κ3) is 3.35. The fourth-order valence-corrected chi connectivity index (χ4v) is 2.72. The van der Waals surface area contributed by atoms with Gasteiger partial charge < -0.3 is 10.0 Å². The van der Waals surface area contributed by atoms with Crippen LogP contribution in [0.4, 0.5) is 0 Å². The van der Waals surface area contributed by atoms with Crippen LogP contribution in [0.3, 0.4) is 0 Å². The SMILES string of the molecule is CCC1CCN(C(=O)Cc2ccncc2)C(C(=O)O)C1. The predicted octanol–water partition coefficient (Wildman–Crippen LogP) is 1.73. The van der Waals surface area contributed by atoms with E-state index in [4.69, 9.17) is 0 Å². The predicted molar refractivity (Wildman–Crippen MR) is 74.1 cm³/mol. The van der Waals surface area contributed by atoms with E-state index < -0.39 is 12.0 Å². The number of nitrogens with zero attached hydrogens (tertiary/aromatic N) is 2. The van der Waals surface area contributed by atoms with E-state index in [-0.39, 0.29) is 12.3 Å². The summed E-state index contributed by atoms with van der Waals surface area (Å²) in [7, 11) is 0. The number of hydrogen-bond acceptors (Lipinski definition) is 3. The standard InChI is InChI=1S/C15H20N2O3/c1-2-11-5-8-17(13(9-11)15(19)20)14(18)10-12-3-6-16-7-4-12/h3-4,6-7,11,13H,2,5,8-10H2,1H3,(H,19,20). The van der Waals surface area contributed by atoms with E-state index in [1.165, 1.54) is 4.90 Å². The molecule has 2 rings (SSSR count). The molecule has 1 aliphatic heterocycles. The maximum Gasteiger partial charge on any atom is 0.326 e. The Balaban J connectivity index is 2.06. The van der Waals surface area contributed by atoms with Crippen LogP contribution in [0.2, 0.25) is 0 Å². The molecule has 1 saturated heterocycles. The summed E-state index contributed by atoms with van der Waals surface area (Å²) in [6.07, 6.45) is 5.94. The first-order valence-corrected chi connectivity index (χ1v) is 7.03. The van der Waals surface area contributed by atoms with E-state index in [0.717, 1.165) is 18.4 Å². The van der Waals surface area contributed by atoms with Gasteiger partial charge in [-0.25, -0.2) is 4.79 Å². The minimum absolute atomic E-state index is 0.113. The number of pyridine rings is 1. The van der Waals surface area contributed by atoms with Crippen molar-refractivity contribution in [1.29, 1.82) is 0 Å². The van der Waals surface area contributed by atoms with E-state index in [1.807, 2.05) is 0 Å². The van der Waals surface area contributed by atoms with Gasteiger partial charge in [-0.05, 0) is 36.5 Å². The zero-order valence-corrected chi connectivity index (χ0v) is 11.7. The molecule has 0 aromatic carbocycles. The van der Waals surface area contributed by atoms with Crippen LogP contribution in [-0.2, 0) is 16.0 Å². The highest BCUT2D eigenvalue weighted by Gasteiger charge is 2.35. The summed E-state index contributed by atoms with van der Waals surface area (Å²) < 4.78 is 0. The average molecular weight is 276 g/mol. The summed E-state index contributed by atoms with van der Waals surface area (Å²) in [5, 5.41) is 9.33. The molecule has 1 N–H and O–H groups in total. The molecule has 0 saturated carbocycles. The van der Waals surface area contributed by atoms with E-state index in [2.05, 4.69) is 11.9 Å². The fourth-order valence-electron chi connectivity index (χ4n) is 2.72. The van der Waals surface area contributed by atoms with Crippen molar-refractivity contribution in [3.63, 3.8) is 0 Å². The van der Waals surface area contributed by atoms with Gasteiger partial charge in [0, 0.05) is 18.9 Å². The molecule has 2 atom stereocenters. The number of hydrogen-bond donors (Lipinski definition) is 1. The molecule has 5 heteroatoms. The Morgan fingerprint density at radius 2 is 2.10 bits per heavy atom. The molecule has 108 valence electrons. The van der Waals surface area contributed by atoms with Crippen molar-refractivity contribution >= 4 is 11.9 Å². The molecule has 1 aliphatic rings. The second-order valence-corrected chi connectivity index (χ2v) is 5.27. The fraction of sp³-hybridized carbons (Fsp3) is 0.533. The van der Waals surface area contributed by atoms with Crippen LogP contribution in [0.1, 0.15) is 31.7 Å². The van der Waals surface area contributed by atoms with Crippen molar-refractivity contribution in [2.45, 2.75) is 38.6 Å². The first kappa shape index (κ1) is 14.5. The Hall–Kier alpha value is -1.91. The number of carbonyl (C=O) groups is 2. The number of aliphatic carboxylic acids is 1. The third-order valence-electron chi connectivity index (χ3n) is 4.00. The molecule has 0 aliphatic carbocycles. The molecule has 0 radical (unpaired) electrons. The van der Waals surface area contributed by atoms with Gasteiger partial charge in [0.1, 0.15) is 6.04 Å². The molecule has 1 aromatic rings. The monoisotopic (exact) mass is 276 g/mol. The number of carbonyl (C=O) groups excluding carboxylic acids is 1. The second-order valence-electron chi connectivity index (χ2n) is 5.27. The Morgan fingerprint density at radius 3 is 2.70 bits per heavy atom. The lowest BCUT2D eigenvalue weighted by Crippen LogP contribution is -2.50. The lowest BCUT2D eigenvalue weighted by molar-refractivity contribution is -0.152. The molecule has 1 amide bonds. The molecule has 0 spiro atoms. The Kier molecular flexibility index (Phi) is 4.71. The van der Waals surface area contributed by atoms with Crippen LogP contribution < -0.4 is 0 Å². The van der Waals surface area contributed by atoms with Gasteiger partial charge in [-0.1, -0.05) is 13.3 Å². The number of rotatable bonds is 4. The topological polar surface area (TPSA) is 70.5 Å². The van der Waals surface area contributed by atoms with Gasteiger partial charge in [-0.2, -0.15) is 0 Å². The van der Waals surface area contributed by atoms with Crippen molar-refractivity contribution < 1.29 is 14.7 Å². The smallest absolute Gasteiger partial charge is 0.326 e. The Bertz CT molecular complexity index is 475. The zero-order valence-electron chi connectivity index (χ0n) is 11.7. The van der Waals surface area contributed by atoms with Crippen LogP contribution in [-0.4, -0.2) is 39.5 Å². The molecule has 20 heavy (non-hydrogen) atoms. The number of carboxylic acid groups (broad SMARTS) is 1. The maximum absolute atomic E-state index is 12.3. The highest BCUT2D eigenvalue weighted by Crippen LogP contribution is 2.26. The van der Waals surface area contributed by atoms with E-state index in [1.54, 1.807) is 24.5 Å². The van der Waals surface area contributed by atoms with Crippen molar-refractivity contribution in [3.8, 4) is 0 Å². The van der Waals surface area contributed by atoms with Gasteiger partial charge in [0.05, 0.1) is 6.42 Å². The number of carboxylic acids is 1. The third-order valence-corrected chi connectivity index (χ3v) is 4.00. The molecule has 2 unspecified atom stereocenters. The van der Waals surface area contributed by atoms with E-state index in [9.17, 15) is 14.7 Å². The van der Waals surface area contributed by atoms with Crippen LogP contribution >= 0.6 is 0 Å². The number of amides is 1. The summed E-state index contributed by atoms with van der Waals surface area (Å²) >= 11 is 0. The maximum atomic E-state index is 12.3. The largest absolute Gasteiger partial charge is 0.480 e. The molecule has 5 nitrogen and oxygen atoms in total. The minimum Gasteiger partial charge on any atom is -0.480 e. The summed E-state index contributed by atoms with van der Waals surface area (Å²) in [5.74, 6) is -0.606. The molecule has 1 aromatic heterocycles. The normalized spacial score (nSPS) is 22.6. The van der Waals surface area contributed by atoms with Crippen LogP contribution in [0.15, 0.2) is 24.5 Å². The van der Waals surface area contributed by atoms with Gasteiger partial charge in [0.15, 0.2) is 0 Å². The van der Waals surface area contributed by atoms with E-state index in [0.29, 0.717) is 18.9 Å². The summed E-state index contributed by atoms with van der Waals surface area (Å²) in [5.41, 5.74) is 0.867. The van der Waals surface area contributed by atoms with Crippen molar-refractivity contribution in [2.24, 2.45) is 5.92 Å². The van der Waals surface area contributed by atoms with Crippen molar-refractivity contribution in [1.82, 2.24) is 9.88 Å². The van der Waals surface area contributed by atoms with Gasteiger partial charge in [0.2, 0.25) is 5.91 Å². The molecule has 1 fully saturated rings. The van der Waals surface area contributed by atoms with Crippen molar-refractivity contribution in [3.05, 3.63) is 30.1 Å². The Morgan fingerprint density at radius 1 is 1.40 bits per heavy atom. The average Bonchev–Trinajstić information content (AvgIpc) is 2.47. The van der Waals surface area contributed by atoms with Crippen LogP contribution in [0.25, 0.3) is 0 Å². The van der Waals surface area contributed by atoms with Crippen LogP contribution in [0.5, 0.6) is 0 Å². The second kappa shape index (κ2) is 6.50. The summed E-state index contributed by atoms with van der Waals surface area (Å²) in [4.78, 5) is 29.1. The van der Waals surface area contributed by atoms with Crippen LogP contribution in [0, 0.1) is 5.92 Å². The molecule has 0 bridgehead atoms. The minimum atomic E-state index is -0.897. The van der Waals surface area contributed by atoms with Gasteiger partial charge in [-0.3, -0.25) is 9.78 Å². The Labute approximate surface area is 118 Å². The molecular formula is C15H20N2O3. The number of piperidine rings is 1. The summed E-state index contributed by atoms with van der Waals surface area (Å²) in [6, 6.07) is 2.89. The highest BCUT2D eigenvalue weighted by atomic mass is 16.4. The number of likely N-dealkylation sites (tertiary alicyclic amines) is 1.